The van der Waals surface area contributed by atoms with Gasteiger partial charge in [-0.05, 0) is 43.4 Å². The van der Waals surface area contributed by atoms with Crippen LogP contribution in [-0.2, 0) is 11.2 Å². The lowest BCUT2D eigenvalue weighted by Gasteiger charge is -2.26. The van der Waals surface area contributed by atoms with E-state index in [1.165, 1.54) is 18.6 Å². The van der Waals surface area contributed by atoms with Gasteiger partial charge in [-0.25, -0.2) is 0 Å². The first-order valence-electron chi connectivity index (χ1n) is 7.06. The van der Waals surface area contributed by atoms with Crippen LogP contribution in [0.4, 0.5) is 13.2 Å². The standard InChI is InChI=1S/C15H18F3NO2/c16-15(17,18)21-13-7-4-12(5-8-13)6-9-14(20)19-10-2-1-3-11-19/h4-5,7-8H,1-3,6,9-11H2. The number of piperidine rings is 1. The van der Waals surface area contributed by atoms with Crippen LogP contribution in [0.15, 0.2) is 24.3 Å². The molecule has 1 fully saturated rings. The predicted molar refractivity (Wildman–Crippen MR) is 71.9 cm³/mol. The van der Waals surface area contributed by atoms with Crippen molar-refractivity contribution in [3.8, 4) is 5.75 Å². The Kier molecular flexibility index (Phi) is 5.09. The number of carbonyl (C=O) groups excluding carboxylic acids is 1. The number of rotatable bonds is 4. The lowest BCUT2D eigenvalue weighted by Crippen LogP contribution is -2.35. The van der Waals surface area contributed by atoms with Crippen molar-refractivity contribution in [3.05, 3.63) is 29.8 Å². The van der Waals surface area contributed by atoms with Crippen molar-refractivity contribution < 1.29 is 22.7 Å². The van der Waals surface area contributed by atoms with Gasteiger partial charge in [-0.1, -0.05) is 12.1 Å². The third-order valence-electron chi connectivity index (χ3n) is 3.49. The molecular weight excluding hydrogens is 283 g/mol. The number of alkyl halides is 3. The van der Waals surface area contributed by atoms with Crippen LogP contribution in [0.1, 0.15) is 31.2 Å². The van der Waals surface area contributed by atoms with Crippen LogP contribution in [0.3, 0.4) is 0 Å². The van der Waals surface area contributed by atoms with E-state index >= 15 is 0 Å². The maximum absolute atomic E-state index is 12.0. The largest absolute Gasteiger partial charge is 0.573 e. The van der Waals surface area contributed by atoms with Gasteiger partial charge < -0.3 is 9.64 Å². The first-order chi connectivity index (χ1) is 9.94. The molecule has 1 aliphatic heterocycles. The molecule has 0 atom stereocenters. The molecular formula is C15H18F3NO2. The Labute approximate surface area is 121 Å². The Hall–Kier alpha value is -1.72. The first kappa shape index (κ1) is 15.7. The van der Waals surface area contributed by atoms with E-state index in [-0.39, 0.29) is 11.7 Å². The van der Waals surface area contributed by atoms with Crippen molar-refractivity contribution in [3.63, 3.8) is 0 Å². The fourth-order valence-corrected chi connectivity index (χ4v) is 2.41. The molecule has 1 aromatic rings. The first-order valence-corrected chi connectivity index (χ1v) is 7.06. The number of nitrogens with zero attached hydrogens (tertiary/aromatic N) is 1. The van der Waals surface area contributed by atoms with E-state index in [1.54, 1.807) is 12.1 Å². The summed E-state index contributed by atoms with van der Waals surface area (Å²) in [6.07, 6.45) is -0.484. The summed E-state index contributed by atoms with van der Waals surface area (Å²) in [6, 6.07) is 5.66. The van der Waals surface area contributed by atoms with Gasteiger partial charge in [0.25, 0.3) is 0 Å². The lowest BCUT2D eigenvalue weighted by atomic mass is 10.1. The molecule has 0 aromatic heterocycles. The molecule has 3 nitrogen and oxygen atoms in total. The highest BCUT2D eigenvalue weighted by molar-refractivity contribution is 5.76. The number of amides is 1. The average molecular weight is 301 g/mol. The van der Waals surface area contributed by atoms with Gasteiger partial charge in [0, 0.05) is 19.5 Å². The normalized spacial score (nSPS) is 15.9. The van der Waals surface area contributed by atoms with E-state index in [0.29, 0.717) is 12.8 Å². The number of benzene rings is 1. The van der Waals surface area contributed by atoms with Crippen molar-refractivity contribution in [1.82, 2.24) is 4.90 Å². The number of halogens is 3. The maximum Gasteiger partial charge on any atom is 0.573 e. The molecule has 1 saturated heterocycles. The second-order valence-corrected chi connectivity index (χ2v) is 5.13. The van der Waals surface area contributed by atoms with Gasteiger partial charge in [0.2, 0.25) is 5.91 Å². The third-order valence-corrected chi connectivity index (χ3v) is 3.49. The van der Waals surface area contributed by atoms with E-state index in [9.17, 15) is 18.0 Å². The average Bonchev–Trinajstić information content (AvgIpc) is 2.45. The molecule has 116 valence electrons. The van der Waals surface area contributed by atoms with Crippen molar-refractivity contribution >= 4 is 5.91 Å². The van der Waals surface area contributed by atoms with Crippen LogP contribution >= 0.6 is 0 Å². The number of aryl methyl sites for hydroxylation is 1. The zero-order valence-electron chi connectivity index (χ0n) is 11.7. The number of hydrogen-bond donors (Lipinski definition) is 0. The number of likely N-dealkylation sites (tertiary alicyclic amines) is 1. The second-order valence-electron chi connectivity index (χ2n) is 5.13. The van der Waals surface area contributed by atoms with E-state index in [2.05, 4.69) is 4.74 Å². The molecule has 1 heterocycles. The molecule has 0 spiro atoms. The Balaban J connectivity index is 1.81. The molecule has 1 aromatic carbocycles. The second kappa shape index (κ2) is 6.83. The summed E-state index contributed by atoms with van der Waals surface area (Å²) in [5.74, 6) is -0.126. The fourth-order valence-electron chi connectivity index (χ4n) is 2.41. The summed E-state index contributed by atoms with van der Waals surface area (Å²) in [4.78, 5) is 13.8. The highest BCUT2D eigenvalue weighted by Gasteiger charge is 2.30. The van der Waals surface area contributed by atoms with Gasteiger partial charge in [0.1, 0.15) is 5.75 Å². The Bertz CT molecular complexity index is 465. The Morgan fingerprint density at radius 1 is 1.10 bits per heavy atom. The molecule has 1 amide bonds. The quantitative estimate of drug-likeness (QED) is 0.851. The van der Waals surface area contributed by atoms with Gasteiger partial charge in [-0.2, -0.15) is 0 Å². The molecule has 0 aliphatic carbocycles. The van der Waals surface area contributed by atoms with E-state index in [0.717, 1.165) is 31.5 Å². The van der Waals surface area contributed by atoms with Gasteiger partial charge in [0.05, 0.1) is 0 Å². The smallest absolute Gasteiger partial charge is 0.406 e. The van der Waals surface area contributed by atoms with Crippen molar-refractivity contribution in [2.45, 2.75) is 38.5 Å². The van der Waals surface area contributed by atoms with Crippen molar-refractivity contribution in [2.24, 2.45) is 0 Å². The molecule has 0 saturated carbocycles. The molecule has 0 radical (unpaired) electrons. The summed E-state index contributed by atoms with van der Waals surface area (Å²) in [5.41, 5.74) is 0.829. The van der Waals surface area contributed by atoms with Gasteiger partial charge in [0.15, 0.2) is 0 Å². The highest BCUT2D eigenvalue weighted by Crippen LogP contribution is 2.23. The zero-order valence-corrected chi connectivity index (χ0v) is 11.7. The minimum atomic E-state index is -4.67. The lowest BCUT2D eigenvalue weighted by molar-refractivity contribution is -0.274. The minimum Gasteiger partial charge on any atom is -0.406 e. The highest BCUT2D eigenvalue weighted by atomic mass is 19.4. The molecule has 2 rings (SSSR count). The number of ether oxygens (including phenoxy) is 1. The molecule has 0 bridgehead atoms. The van der Waals surface area contributed by atoms with E-state index in [4.69, 9.17) is 0 Å². The van der Waals surface area contributed by atoms with Crippen LogP contribution in [-0.4, -0.2) is 30.3 Å². The SMILES string of the molecule is O=C(CCc1ccc(OC(F)(F)F)cc1)N1CCCCC1. The summed E-state index contributed by atoms with van der Waals surface area (Å²) >= 11 is 0. The maximum atomic E-state index is 12.0. The minimum absolute atomic E-state index is 0.116. The zero-order chi connectivity index (χ0) is 15.3. The monoisotopic (exact) mass is 301 g/mol. The van der Waals surface area contributed by atoms with Crippen LogP contribution < -0.4 is 4.74 Å². The molecule has 6 heteroatoms. The summed E-state index contributed by atoms with van der Waals surface area (Å²) in [5, 5.41) is 0. The molecule has 0 N–H and O–H groups in total. The topological polar surface area (TPSA) is 29.5 Å². The fraction of sp³-hybridized carbons (Fsp3) is 0.533. The summed E-state index contributed by atoms with van der Waals surface area (Å²) < 4.78 is 39.9. The van der Waals surface area contributed by atoms with Gasteiger partial charge in [-0.3, -0.25) is 4.79 Å². The van der Waals surface area contributed by atoms with Crippen LogP contribution in [0.5, 0.6) is 5.75 Å². The number of hydrogen-bond acceptors (Lipinski definition) is 2. The van der Waals surface area contributed by atoms with Crippen LogP contribution in [0.2, 0.25) is 0 Å². The van der Waals surface area contributed by atoms with Gasteiger partial charge in [-0.15, -0.1) is 13.2 Å². The molecule has 0 unspecified atom stereocenters. The number of carbonyl (C=O) groups is 1. The van der Waals surface area contributed by atoms with Crippen molar-refractivity contribution in [2.75, 3.05) is 13.1 Å². The van der Waals surface area contributed by atoms with Crippen LogP contribution in [0, 0.1) is 0 Å². The molecule has 21 heavy (non-hydrogen) atoms. The van der Waals surface area contributed by atoms with E-state index < -0.39 is 6.36 Å². The Morgan fingerprint density at radius 3 is 2.29 bits per heavy atom. The summed E-state index contributed by atoms with van der Waals surface area (Å²) in [7, 11) is 0. The van der Waals surface area contributed by atoms with Crippen molar-refractivity contribution in [1.29, 1.82) is 0 Å². The Morgan fingerprint density at radius 2 is 1.71 bits per heavy atom. The van der Waals surface area contributed by atoms with E-state index in [1.807, 2.05) is 4.90 Å². The third kappa shape index (κ3) is 5.28. The predicted octanol–water partition coefficient (Wildman–Crippen LogP) is 3.53. The molecule has 1 aliphatic rings. The van der Waals surface area contributed by atoms with Crippen LogP contribution in [0.25, 0.3) is 0 Å². The summed E-state index contributed by atoms with van der Waals surface area (Å²) in [6.45, 7) is 1.63. The van der Waals surface area contributed by atoms with Gasteiger partial charge >= 0.3 is 6.36 Å².